The fourth-order valence-electron chi connectivity index (χ4n) is 3.15. The van der Waals surface area contributed by atoms with Gasteiger partial charge in [0, 0.05) is 21.3 Å². The second-order valence-electron chi connectivity index (χ2n) is 6.62. The van der Waals surface area contributed by atoms with E-state index in [1.54, 1.807) is 30.3 Å². The number of anilines is 2. The van der Waals surface area contributed by atoms with Crippen LogP contribution < -0.4 is 10.0 Å². The summed E-state index contributed by atoms with van der Waals surface area (Å²) in [7, 11) is -3.95. The number of halogens is 2. The van der Waals surface area contributed by atoms with Gasteiger partial charge in [0.15, 0.2) is 0 Å². The molecule has 0 saturated carbocycles. The van der Waals surface area contributed by atoms with Gasteiger partial charge in [-0.3, -0.25) is 9.52 Å². The molecule has 0 saturated heterocycles. The van der Waals surface area contributed by atoms with Crippen molar-refractivity contribution in [3.63, 3.8) is 0 Å². The average Bonchev–Trinajstić information content (AvgIpc) is 3.27. The smallest absolute Gasteiger partial charge is 0.265 e. The molecule has 1 heterocycles. The zero-order valence-corrected chi connectivity index (χ0v) is 18.2. The molecule has 0 atom stereocenters. The van der Waals surface area contributed by atoms with Crippen molar-refractivity contribution >= 4 is 61.8 Å². The van der Waals surface area contributed by atoms with Crippen LogP contribution in [0.1, 0.15) is 26.5 Å². The van der Waals surface area contributed by atoms with Crippen molar-refractivity contribution in [2.75, 3.05) is 10.0 Å². The molecule has 2 aromatic carbocycles. The molecule has 4 rings (SSSR count). The van der Waals surface area contributed by atoms with Crippen LogP contribution in [-0.2, 0) is 22.9 Å². The molecule has 0 spiro atoms. The van der Waals surface area contributed by atoms with E-state index < -0.39 is 10.0 Å². The largest absolute Gasteiger partial charge is 0.321 e. The number of rotatable bonds is 5. The maximum atomic E-state index is 12.8. The highest BCUT2D eigenvalue weighted by Crippen LogP contribution is 2.32. The highest BCUT2D eigenvalue weighted by atomic mass is 35.5. The van der Waals surface area contributed by atoms with Crippen molar-refractivity contribution in [1.29, 1.82) is 0 Å². The van der Waals surface area contributed by atoms with Gasteiger partial charge >= 0.3 is 0 Å². The first-order valence-corrected chi connectivity index (χ1v) is 11.9. The minimum Gasteiger partial charge on any atom is -0.321 e. The molecule has 29 heavy (non-hydrogen) atoms. The maximum absolute atomic E-state index is 12.8. The van der Waals surface area contributed by atoms with Crippen molar-refractivity contribution < 1.29 is 13.2 Å². The van der Waals surface area contributed by atoms with Crippen LogP contribution in [0.5, 0.6) is 0 Å². The Bertz CT molecular complexity index is 1170. The number of hydrogen-bond donors (Lipinski definition) is 2. The maximum Gasteiger partial charge on any atom is 0.265 e. The Morgan fingerprint density at radius 2 is 1.69 bits per heavy atom. The van der Waals surface area contributed by atoms with Crippen molar-refractivity contribution in [2.24, 2.45) is 0 Å². The van der Waals surface area contributed by atoms with Crippen molar-refractivity contribution in [3.05, 3.63) is 73.9 Å². The zero-order valence-electron chi connectivity index (χ0n) is 15.0. The molecule has 1 amide bonds. The molecule has 0 fully saturated rings. The molecule has 1 aliphatic rings. The fourth-order valence-corrected chi connectivity index (χ4v) is 6.01. The third-order valence-corrected chi connectivity index (χ3v) is 7.90. The molecule has 0 aliphatic heterocycles. The lowest BCUT2D eigenvalue weighted by atomic mass is 10.2. The van der Waals surface area contributed by atoms with E-state index in [0.29, 0.717) is 21.3 Å². The van der Waals surface area contributed by atoms with Gasteiger partial charge in [0.1, 0.15) is 4.90 Å². The molecule has 3 aromatic rings. The summed E-state index contributed by atoms with van der Waals surface area (Å²) in [5.74, 6) is -0.263. The number of aryl methyl sites for hydroxylation is 2. The summed E-state index contributed by atoms with van der Waals surface area (Å²) in [4.78, 5) is 14.3. The predicted molar refractivity (Wildman–Crippen MR) is 118 cm³/mol. The van der Waals surface area contributed by atoms with Gasteiger partial charge in [-0.05, 0) is 73.4 Å². The van der Waals surface area contributed by atoms with Crippen LogP contribution in [0.15, 0.2) is 53.4 Å². The van der Waals surface area contributed by atoms with E-state index in [1.165, 1.54) is 33.9 Å². The van der Waals surface area contributed by atoms with E-state index in [2.05, 4.69) is 10.0 Å². The zero-order chi connectivity index (χ0) is 20.6. The van der Waals surface area contributed by atoms with Gasteiger partial charge in [0.25, 0.3) is 15.9 Å². The summed E-state index contributed by atoms with van der Waals surface area (Å²) >= 11 is 13.4. The summed E-state index contributed by atoms with van der Waals surface area (Å²) in [6, 6.07) is 12.5. The Hall–Kier alpha value is -2.06. The van der Waals surface area contributed by atoms with E-state index in [-0.39, 0.29) is 15.8 Å². The van der Waals surface area contributed by atoms with E-state index in [1.807, 2.05) is 6.07 Å². The molecule has 150 valence electrons. The van der Waals surface area contributed by atoms with Crippen LogP contribution in [0, 0.1) is 0 Å². The molecular weight excluding hydrogens is 451 g/mol. The standard InChI is InChI=1S/C20H16Cl2N2O3S2/c21-13-4-6-14(7-5-13)24-29(26,27)19-11-15(8-9-16(19)22)23-20(25)18-10-12-2-1-3-17(12)28-18/h4-11,24H,1-3H2,(H,23,25). The summed E-state index contributed by atoms with van der Waals surface area (Å²) in [5.41, 5.74) is 1.93. The number of fused-ring (bicyclic) bond motifs is 1. The minimum atomic E-state index is -3.95. The van der Waals surface area contributed by atoms with Gasteiger partial charge < -0.3 is 5.32 Å². The van der Waals surface area contributed by atoms with Gasteiger partial charge in [-0.2, -0.15) is 0 Å². The Kier molecular flexibility index (Phi) is 5.57. The minimum absolute atomic E-state index is 0.0552. The third-order valence-electron chi connectivity index (χ3n) is 4.55. The van der Waals surface area contributed by atoms with Crippen molar-refractivity contribution in [1.82, 2.24) is 0 Å². The number of benzene rings is 2. The summed E-state index contributed by atoms with van der Waals surface area (Å²) < 4.78 is 28.0. The van der Waals surface area contributed by atoms with E-state index >= 15 is 0 Å². The van der Waals surface area contributed by atoms with Gasteiger partial charge in [0.05, 0.1) is 9.90 Å². The second kappa shape index (κ2) is 7.99. The van der Waals surface area contributed by atoms with Gasteiger partial charge in [-0.25, -0.2) is 8.42 Å². The summed E-state index contributed by atoms with van der Waals surface area (Å²) in [5, 5.41) is 3.31. The SMILES string of the molecule is O=C(Nc1ccc(Cl)c(S(=O)(=O)Nc2ccc(Cl)cc2)c1)c1cc2c(s1)CCC2. The fraction of sp³-hybridized carbons (Fsp3) is 0.150. The van der Waals surface area contributed by atoms with Gasteiger partial charge in [0.2, 0.25) is 0 Å². The molecular formula is C20H16Cl2N2O3S2. The summed E-state index contributed by atoms with van der Waals surface area (Å²) in [6.45, 7) is 0. The number of carbonyl (C=O) groups is 1. The lowest BCUT2D eigenvalue weighted by Crippen LogP contribution is -2.15. The number of nitrogens with one attached hydrogen (secondary N) is 2. The lowest BCUT2D eigenvalue weighted by Gasteiger charge is -2.12. The van der Waals surface area contributed by atoms with E-state index in [4.69, 9.17) is 23.2 Å². The first kappa shape index (κ1) is 20.2. The van der Waals surface area contributed by atoms with E-state index in [9.17, 15) is 13.2 Å². The molecule has 0 radical (unpaired) electrons. The molecule has 1 aliphatic carbocycles. The lowest BCUT2D eigenvalue weighted by molar-refractivity contribution is 0.103. The number of thiophene rings is 1. The van der Waals surface area contributed by atoms with Gasteiger partial charge in [-0.1, -0.05) is 23.2 Å². The van der Waals surface area contributed by atoms with E-state index in [0.717, 1.165) is 19.3 Å². The topological polar surface area (TPSA) is 75.3 Å². The highest BCUT2D eigenvalue weighted by molar-refractivity contribution is 7.92. The average molecular weight is 467 g/mol. The van der Waals surface area contributed by atoms with Crippen LogP contribution in [0.4, 0.5) is 11.4 Å². The van der Waals surface area contributed by atoms with Crippen LogP contribution in [0.25, 0.3) is 0 Å². The molecule has 0 unspecified atom stereocenters. The predicted octanol–water partition coefficient (Wildman–Crippen LogP) is 5.60. The molecule has 9 heteroatoms. The Balaban J connectivity index is 1.56. The van der Waals surface area contributed by atoms with Crippen molar-refractivity contribution in [3.8, 4) is 0 Å². The first-order chi connectivity index (χ1) is 13.8. The quantitative estimate of drug-likeness (QED) is 0.513. The molecule has 0 bridgehead atoms. The Morgan fingerprint density at radius 1 is 0.966 bits per heavy atom. The highest BCUT2D eigenvalue weighted by Gasteiger charge is 2.21. The Morgan fingerprint density at radius 3 is 2.41 bits per heavy atom. The van der Waals surface area contributed by atoms with Gasteiger partial charge in [-0.15, -0.1) is 11.3 Å². The number of amides is 1. The molecule has 1 aromatic heterocycles. The van der Waals surface area contributed by atoms with Crippen LogP contribution >= 0.6 is 34.5 Å². The van der Waals surface area contributed by atoms with Crippen LogP contribution in [0.3, 0.4) is 0 Å². The summed E-state index contributed by atoms with van der Waals surface area (Å²) in [6.07, 6.45) is 3.13. The number of hydrogen-bond acceptors (Lipinski definition) is 4. The number of carbonyl (C=O) groups excluding carboxylic acids is 1. The normalized spacial score (nSPS) is 13.2. The van der Waals surface area contributed by atoms with Crippen LogP contribution in [0.2, 0.25) is 10.0 Å². The first-order valence-electron chi connectivity index (χ1n) is 8.83. The Labute approximate surface area is 182 Å². The second-order valence-corrected chi connectivity index (χ2v) is 10.3. The third kappa shape index (κ3) is 4.43. The van der Waals surface area contributed by atoms with Crippen molar-refractivity contribution in [2.45, 2.75) is 24.2 Å². The van der Waals surface area contributed by atoms with Crippen LogP contribution in [-0.4, -0.2) is 14.3 Å². The molecule has 2 N–H and O–H groups in total. The number of sulfonamides is 1. The molecule has 5 nitrogen and oxygen atoms in total. The monoisotopic (exact) mass is 466 g/mol.